The fraction of sp³-hybridized carbons (Fsp3) is 0.214. The number of nitrogens with zero attached hydrogens (tertiary/aromatic N) is 1. The van der Waals surface area contributed by atoms with Gasteiger partial charge in [0, 0.05) is 10.6 Å². The number of esters is 1. The number of carbonyl (C=O) groups is 2. The summed E-state index contributed by atoms with van der Waals surface area (Å²) in [6.07, 6.45) is 1.97. The molecule has 0 aliphatic heterocycles. The number of rotatable bonds is 5. The Morgan fingerprint density at radius 3 is 2.59 bits per heavy atom. The van der Waals surface area contributed by atoms with Gasteiger partial charge < -0.3 is 15.8 Å². The maximum Gasteiger partial charge on any atom is 0.343 e. The fourth-order valence-corrected chi connectivity index (χ4v) is 2.77. The Kier molecular flexibility index (Phi) is 5.40. The van der Waals surface area contributed by atoms with Crippen LogP contribution in [0.3, 0.4) is 0 Å². The molecule has 2 aromatic rings. The van der Waals surface area contributed by atoms with Crippen molar-refractivity contribution < 1.29 is 14.3 Å². The number of aryl methyl sites for hydroxylation is 1. The van der Waals surface area contributed by atoms with Crippen LogP contribution in [0.2, 0.25) is 0 Å². The van der Waals surface area contributed by atoms with Crippen molar-refractivity contribution in [2.75, 3.05) is 23.9 Å². The van der Waals surface area contributed by atoms with Crippen LogP contribution in [0.15, 0.2) is 29.2 Å². The van der Waals surface area contributed by atoms with Crippen molar-refractivity contribution in [3.8, 4) is 0 Å². The SMILES string of the molecule is CSc1ccc(NC(=O)COC(=O)c2c(C)nsc2N)cc1. The quantitative estimate of drug-likeness (QED) is 0.643. The van der Waals surface area contributed by atoms with Gasteiger partial charge in [0.2, 0.25) is 0 Å². The second kappa shape index (κ2) is 7.28. The Morgan fingerprint density at radius 1 is 1.36 bits per heavy atom. The van der Waals surface area contributed by atoms with Gasteiger partial charge >= 0.3 is 5.97 Å². The number of anilines is 2. The molecule has 0 saturated heterocycles. The number of aromatic nitrogens is 1. The zero-order valence-corrected chi connectivity index (χ0v) is 13.7. The summed E-state index contributed by atoms with van der Waals surface area (Å²) in [5.41, 5.74) is 7.02. The van der Waals surface area contributed by atoms with Crippen LogP contribution in [0.1, 0.15) is 16.1 Å². The molecule has 1 amide bonds. The highest BCUT2D eigenvalue weighted by Gasteiger charge is 2.19. The zero-order valence-electron chi connectivity index (χ0n) is 12.1. The average Bonchev–Trinajstić information content (AvgIpc) is 2.85. The number of ether oxygens (including phenoxy) is 1. The molecule has 8 heteroatoms. The van der Waals surface area contributed by atoms with Gasteiger partial charge in [-0.2, -0.15) is 4.37 Å². The fourth-order valence-electron chi connectivity index (χ4n) is 1.71. The maximum atomic E-state index is 11.9. The van der Waals surface area contributed by atoms with Gasteiger partial charge in [0.15, 0.2) is 6.61 Å². The normalized spacial score (nSPS) is 10.3. The number of hydrogen-bond acceptors (Lipinski definition) is 7. The molecule has 0 aliphatic rings. The molecular weight excluding hydrogens is 322 g/mol. The minimum atomic E-state index is -0.642. The number of nitrogens with two attached hydrogens (primary N) is 1. The summed E-state index contributed by atoms with van der Waals surface area (Å²) < 4.78 is 8.92. The summed E-state index contributed by atoms with van der Waals surface area (Å²) in [6, 6.07) is 7.37. The van der Waals surface area contributed by atoms with Gasteiger partial charge in [-0.05, 0) is 49.0 Å². The van der Waals surface area contributed by atoms with E-state index in [2.05, 4.69) is 9.69 Å². The van der Waals surface area contributed by atoms with Crippen LogP contribution in [0.4, 0.5) is 10.7 Å². The van der Waals surface area contributed by atoms with Gasteiger partial charge in [0.25, 0.3) is 5.91 Å². The topological polar surface area (TPSA) is 94.3 Å². The lowest BCUT2D eigenvalue weighted by Gasteiger charge is -2.07. The Hall–Kier alpha value is -2.06. The van der Waals surface area contributed by atoms with Crippen molar-refractivity contribution in [3.63, 3.8) is 0 Å². The molecule has 2 rings (SSSR count). The van der Waals surface area contributed by atoms with Crippen molar-refractivity contribution in [1.82, 2.24) is 4.37 Å². The first-order chi connectivity index (χ1) is 10.5. The van der Waals surface area contributed by atoms with Gasteiger partial charge in [0.1, 0.15) is 10.6 Å². The molecule has 0 saturated carbocycles. The van der Waals surface area contributed by atoms with Crippen molar-refractivity contribution in [2.24, 2.45) is 0 Å². The maximum absolute atomic E-state index is 11.9. The summed E-state index contributed by atoms with van der Waals surface area (Å²) in [6.45, 7) is 1.29. The summed E-state index contributed by atoms with van der Waals surface area (Å²) in [4.78, 5) is 24.7. The highest BCUT2D eigenvalue weighted by Crippen LogP contribution is 2.21. The van der Waals surface area contributed by atoms with Gasteiger partial charge in [0.05, 0.1) is 5.69 Å². The van der Waals surface area contributed by atoms with E-state index < -0.39 is 11.9 Å². The van der Waals surface area contributed by atoms with Crippen molar-refractivity contribution in [1.29, 1.82) is 0 Å². The number of nitrogen functional groups attached to an aromatic ring is 1. The molecule has 116 valence electrons. The lowest BCUT2D eigenvalue weighted by atomic mass is 10.2. The van der Waals surface area contributed by atoms with Crippen molar-refractivity contribution in [2.45, 2.75) is 11.8 Å². The number of thioether (sulfide) groups is 1. The number of hydrogen-bond donors (Lipinski definition) is 2. The van der Waals surface area contributed by atoms with Gasteiger partial charge in [-0.1, -0.05) is 0 Å². The van der Waals surface area contributed by atoms with Crippen LogP contribution in [-0.4, -0.2) is 29.1 Å². The van der Waals surface area contributed by atoms with Crippen LogP contribution in [0.25, 0.3) is 0 Å². The first kappa shape index (κ1) is 16.3. The average molecular weight is 337 g/mol. The standard InChI is InChI=1S/C14H15N3O3S2/c1-8-12(13(15)22-17-8)14(19)20-7-11(18)16-9-3-5-10(21-2)6-4-9/h3-6H,7,15H2,1-2H3,(H,16,18). The molecule has 1 heterocycles. The van der Waals surface area contributed by atoms with Crippen LogP contribution >= 0.6 is 23.3 Å². The monoisotopic (exact) mass is 337 g/mol. The summed E-state index contributed by atoms with van der Waals surface area (Å²) in [5, 5.41) is 2.94. The second-order valence-corrected chi connectivity index (χ2v) is 6.04. The molecule has 0 atom stereocenters. The molecular formula is C14H15N3O3S2. The van der Waals surface area contributed by atoms with E-state index in [1.54, 1.807) is 30.8 Å². The molecule has 0 bridgehead atoms. The highest BCUT2D eigenvalue weighted by atomic mass is 32.2. The number of carbonyl (C=O) groups excluding carboxylic acids is 2. The predicted molar refractivity (Wildman–Crippen MR) is 88.4 cm³/mol. The number of nitrogens with one attached hydrogen (secondary N) is 1. The van der Waals surface area contributed by atoms with E-state index in [1.165, 1.54) is 0 Å². The Balaban J connectivity index is 1.88. The van der Waals surface area contributed by atoms with E-state index in [0.29, 0.717) is 11.4 Å². The van der Waals surface area contributed by atoms with Gasteiger partial charge in [-0.25, -0.2) is 4.79 Å². The minimum absolute atomic E-state index is 0.224. The van der Waals surface area contributed by atoms with E-state index >= 15 is 0 Å². The summed E-state index contributed by atoms with van der Waals surface area (Å²) in [7, 11) is 0. The minimum Gasteiger partial charge on any atom is -0.452 e. The smallest absolute Gasteiger partial charge is 0.343 e. The zero-order chi connectivity index (χ0) is 16.1. The summed E-state index contributed by atoms with van der Waals surface area (Å²) in [5.74, 6) is -1.05. The number of amides is 1. The molecule has 1 aromatic carbocycles. The molecule has 0 spiro atoms. The van der Waals surface area contributed by atoms with Gasteiger partial charge in [-0.15, -0.1) is 11.8 Å². The van der Waals surface area contributed by atoms with Crippen LogP contribution in [0, 0.1) is 6.92 Å². The second-order valence-electron chi connectivity index (χ2n) is 4.36. The molecule has 0 radical (unpaired) electrons. The first-order valence-electron chi connectivity index (χ1n) is 6.34. The number of benzene rings is 1. The first-order valence-corrected chi connectivity index (χ1v) is 8.34. The molecule has 0 aliphatic carbocycles. The molecule has 1 aromatic heterocycles. The van der Waals surface area contributed by atoms with E-state index in [4.69, 9.17) is 10.5 Å². The Morgan fingerprint density at radius 2 is 2.05 bits per heavy atom. The molecule has 6 nitrogen and oxygen atoms in total. The molecule has 0 fully saturated rings. The van der Waals surface area contributed by atoms with Crippen molar-refractivity contribution in [3.05, 3.63) is 35.5 Å². The van der Waals surface area contributed by atoms with Crippen LogP contribution < -0.4 is 11.1 Å². The van der Waals surface area contributed by atoms with E-state index in [0.717, 1.165) is 16.4 Å². The van der Waals surface area contributed by atoms with Crippen LogP contribution in [0.5, 0.6) is 0 Å². The largest absolute Gasteiger partial charge is 0.452 e. The molecule has 22 heavy (non-hydrogen) atoms. The third-order valence-electron chi connectivity index (χ3n) is 2.80. The van der Waals surface area contributed by atoms with E-state index in [-0.39, 0.29) is 17.2 Å². The highest BCUT2D eigenvalue weighted by molar-refractivity contribution is 7.98. The van der Waals surface area contributed by atoms with Crippen LogP contribution in [-0.2, 0) is 9.53 Å². The Labute approximate surface area is 136 Å². The molecule has 0 unspecified atom stereocenters. The third-order valence-corrected chi connectivity index (χ3v) is 4.31. The predicted octanol–water partition coefficient (Wildman–Crippen LogP) is 2.55. The third kappa shape index (κ3) is 3.99. The lowest BCUT2D eigenvalue weighted by molar-refractivity contribution is -0.119. The van der Waals surface area contributed by atoms with E-state index in [1.807, 2.05) is 18.4 Å². The summed E-state index contributed by atoms with van der Waals surface area (Å²) >= 11 is 2.64. The van der Waals surface area contributed by atoms with Crippen molar-refractivity contribution >= 4 is 45.9 Å². The van der Waals surface area contributed by atoms with E-state index in [9.17, 15) is 9.59 Å². The Bertz CT molecular complexity index is 664. The molecule has 3 N–H and O–H groups in total. The lowest BCUT2D eigenvalue weighted by Crippen LogP contribution is -2.21. The van der Waals surface area contributed by atoms with Gasteiger partial charge in [-0.3, -0.25) is 4.79 Å².